The molecule has 2 unspecified atom stereocenters. The third-order valence-electron chi connectivity index (χ3n) is 1.91. The Morgan fingerprint density at radius 2 is 1.93 bits per heavy atom. The van der Waals surface area contributed by atoms with E-state index in [1.807, 2.05) is 0 Å². The van der Waals surface area contributed by atoms with Crippen molar-refractivity contribution in [3.8, 4) is 0 Å². The molecule has 0 fully saturated rings. The molecule has 0 aliphatic carbocycles. The second-order valence-corrected chi connectivity index (χ2v) is 4.35. The van der Waals surface area contributed by atoms with Gasteiger partial charge in [0.1, 0.15) is 10.4 Å². The maximum atomic E-state index is 10.8. The molecule has 0 bridgehead atoms. The molecule has 0 amide bonds. The summed E-state index contributed by atoms with van der Waals surface area (Å²) in [7, 11) is 0. The normalized spacial score (nSPS) is 14.5. The molecule has 0 aromatic heterocycles. The minimum atomic E-state index is -1.41. The fourth-order valence-electron chi connectivity index (χ4n) is 1.25. The third-order valence-corrected chi connectivity index (χ3v) is 2.16. The number of rotatable bonds is 5. The van der Waals surface area contributed by atoms with E-state index in [0.717, 1.165) is 6.08 Å². The molecule has 0 saturated carbocycles. The van der Waals surface area contributed by atoms with E-state index >= 15 is 0 Å². The topological polar surface area (TPSA) is 80.4 Å². The minimum absolute atomic E-state index is 0.302. The number of hydrogen-bond donors (Lipinski definition) is 1. The molecule has 5 nitrogen and oxygen atoms in total. The Balaban J connectivity index is 5.11. The molecule has 0 aromatic carbocycles. The number of aliphatic carboxylic acids is 1. The van der Waals surface area contributed by atoms with Crippen molar-refractivity contribution in [3.63, 3.8) is 0 Å². The van der Waals surface area contributed by atoms with Gasteiger partial charge in [0.2, 0.25) is 6.04 Å². The number of nitrogens with zero attached hydrogens (tertiary/aromatic N) is 1. The lowest BCUT2D eigenvalue weighted by Crippen LogP contribution is -2.36. The summed E-state index contributed by atoms with van der Waals surface area (Å²) in [6, 6.07) is -1.41. The van der Waals surface area contributed by atoms with Gasteiger partial charge >= 0.3 is 5.97 Å². The molecule has 0 saturated heterocycles. The van der Waals surface area contributed by atoms with Crippen LogP contribution in [-0.2, 0) is 4.79 Å². The van der Waals surface area contributed by atoms with Gasteiger partial charge in [0.15, 0.2) is 0 Å². The first-order valence-corrected chi connectivity index (χ1v) is 4.92. The van der Waals surface area contributed by atoms with Gasteiger partial charge in [-0.15, -0.1) is 0 Å². The van der Waals surface area contributed by atoms with E-state index < -0.39 is 22.9 Å². The van der Waals surface area contributed by atoms with Crippen LogP contribution < -0.4 is 0 Å². The summed E-state index contributed by atoms with van der Waals surface area (Å²) in [5.74, 6) is -2.77. The highest BCUT2D eigenvalue weighted by Crippen LogP contribution is 2.22. The lowest BCUT2D eigenvalue weighted by molar-refractivity contribution is -0.517. The van der Waals surface area contributed by atoms with Crippen LogP contribution in [0.2, 0.25) is 0 Å². The number of nitro groups is 1. The SMILES string of the molecule is CC(C)C(C(=O)O)C(C=C(Cl)Cl)[N+](=O)[O-]. The van der Waals surface area contributed by atoms with Crippen molar-refractivity contribution in [2.45, 2.75) is 19.9 Å². The molecule has 0 aromatic rings. The minimum Gasteiger partial charge on any atom is -0.481 e. The van der Waals surface area contributed by atoms with Gasteiger partial charge in [-0.25, -0.2) is 0 Å². The summed E-state index contributed by atoms with van der Waals surface area (Å²) in [6.07, 6.45) is 0.932. The van der Waals surface area contributed by atoms with Crippen LogP contribution in [0.1, 0.15) is 13.8 Å². The van der Waals surface area contributed by atoms with Crippen LogP contribution in [0.3, 0.4) is 0 Å². The molecular formula is C8H11Cl2NO4. The average Bonchev–Trinajstić information content (AvgIpc) is 2.00. The Hall–Kier alpha value is -0.810. The smallest absolute Gasteiger partial charge is 0.314 e. The Bertz CT molecular complexity index is 286. The van der Waals surface area contributed by atoms with Crippen LogP contribution in [0.4, 0.5) is 0 Å². The van der Waals surface area contributed by atoms with Gasteiger partial charge in [0.25, 0.3) is 0 Å². The predicted octanol–water partition coefficient (Wildman–Crippen LogP) is 2.31. The molecule has 86 valence electrons. The zero-order chi connectivity index (χ0) is 12.2. The number of carbonyl (C=O) groups is 1. The van der Waals surface area contributed by atoms with Gasteiger partial charge < -0.3 is 5.11 Å². The van der Waals surface area contributed by atoms with Gasteiger partial charge in [0, 0.05) is 11.0 Å². The molecule has 0 aliphatic heterocycles. The molecular weight excluding hydrogens is 245 g/mol. The standard InChI is InChI=1S/C8H11Cl2NO4/c1-4(2)7(8(12)13)5(11(14)15)3-6(9)10/h3-5,7H,1-2H3,(H,12,13). The van der Waals surface area contributed by atoms with Crippen LogP contribution in [0.15, 0.2) is 10.6 Å². The maximum absolute atomic E-state index is 10.8. The quantitative estimate of drug-likeness (QED) is 0.604. The van der Waals surface area contributed by atoms with Gasteiger partial charge in [-0.05, 0) is 5.92 Å². The number of carboxylic acids is 1. The average molecular weight is 256 g/mol. The van der Waals surface area contributed by atoms with E-state index in [1.54, 1.807) is 13.8 Å². The molecule has 0 spiro atoms. The molecule has 0 heterocycles. The first-order valence-electron chi connectivity index (χ1n) is 4.16. The number of hydrogen-bond acceptors (Lipinski definition) is 3. The van der Waals surface area contributed by atoms with Crippen LogP contribution in [-0.4, -0.2) is 22.0 Å². The fraction of sp³-hybridized carbons (Fsp3) is 0.625. The molecule has 0 aliphatic rings. The van der Waals surface area contributed by atoms with Gasteiger partial charge in [-0.3, -0.25) is 14.9 Å². The van der Waals surface area contributed by atoms with Crippen molar-refractivity contribution in [2.75, 3.05) is 0 Å². The second kappa shape index (κ2) is 5.92. The van der Waals surface area contributed by atoms with Gasteiger partial charge in [-0.1, -0.05) is 37.0 Å². The summed E-state index contributed by atoms with van der Waals surface area (Å²) >= 11 is 10.6. The lowest BCUT2D eigenvalue weighted by Gasteiger charge is -2.17. The summed E-state index contributed by atoms with van der Waals surface area (Å²) in [6.45, 7) is 3.18. The zero-order valence-corrected chi connectivity index (χ0v) is 9.70. The highest BCUT2D eigenvalue weighted by molar-refractivity contribution is 6.55. The van der Waals surface area contributed by atoms with E-state index in [1.165, 1.54) is 0 Å². The van der Waals surface area contributed by atoms with Crippen molar-refractivity contribution in [1.82, 2.24) is 0 Å². The Morgan fingerprint density at radius 1 is 1.47 bits per heavy atom. The number of carboxylic acid groups (broad SMARTS) is 1. The summed E-state index contributed by atoms with van der Waals surface area (Å²) in [5.41, 5.74) is 0. The first-order chi connectivity index (χ1) is 6.77. The van der Waals surface area contributed by atoms with E-state index in [-0.39, 0.29) is 10.4 Å². The van der Waals surface area contributed by atoms with Crippen molar-refractivity contribution in [2.24, 2.45) is 11.8 Å². The highest BCUT2D eigenvalue weighted by Gasteiger charge is 2.38. The zero-order valence-electron chi connectivity index (χ0n) is 8.18. The summed E-state index contributed by atoms with van der Waals surface area (Å²) in [5, 5.41) is 19.5. The molecule has 0 radical (unpaired) electrons. The number of halogens is 2. The van der Waals surface area contributed by atoms with E-state index in [2.05, 4.69) is 0 Å². The van der Waals surface area contributed by atoms with Crippen LogP contribution >= 0.6 is 23.2 Å². The van der Waals surface area contributed by atoms with E-state index in [9.17, 15) is 14.9 Å². The van der Waals surface area contributed by atoms with Crippen LogP contribution in [0, 0.1) is 22.0 Å². The van der Waals surface area contributed by atoms with Crippen molar-refractivity contribution in [1.29, 1.82) is 0 Å². The van der Waals surface area contributed by atoms with Crippen molar-refractivity contribution in [3.05, 3.63) is 20.7 Å². The Kier molecular flexibility index (Phi) is 5.60. The lowest BCUT2D eigenvalue weighted by atomic mass is 9.89. The largest absolute Gasteiger partial charge is 0.481 e. The first kappa shape index (κ1) is 14.2. The molecule has 15 heavy (non-hydrogen) atoms. The Morgan fingerprint density at radius 3 is 2.13 bits per heavy atom. The van der Waals surface area contributed by atoms with Crippen molar-refractivity contribution < 1.29 is 14.8 Å². The third kappa shape index (κ3) is 4.48. The van der Waals surface area contributed by atoms with E-state index in [4.69, 9.17) is 28.3 Å². The van der Waals surface area contributed by atoms with Crippen molar-refractivity contribution >= 4 is 29.2 Å². The second-order valence-electron chi connectivity index (χ2n) is 3.34. The molecule has 0 rings (SSSR count). The monoisotopic (exact) mass is 255 g/mol. The fourth-order valence-corrected chi connectivity index (χ4v) is 1.51. The molecule has 1 N–H and O–H groups in total. The Labute approximate surface area is 96.8 Å². The summed E-state index contributed by atoms with van der Waals surface area (Å²) in [4.78, 5) is 20.8. The van der Waals surface area contributed by atoms with Gasteiger partial charge in [-0.2, -0.15) is 0 Å². The van der Waals surface area contributed by atoms with E-state index in [0.29, 0.717) is 0 Å². The maximum Gasteiger partial charge on any atom is 0.314 e. The van der Waals surface area contributed by atoms with Crippen LogP contribution in [0.25, 0.3) is 0 Å². The molecule has 7 heteroatoms. The summed E-state index contributed by atoms with van der Waals surface area (Å²) < 4.78 is -0.302. The molecule has 2 atom stereocenters. The van der Waals surface area contributed by atoms with Crippen LogP contribution in [0.5, 0.6) is 0 Å². The van der Waals surface area contributed by atoms with Gasteiger partial charge in [0.05, 0.1) is 0 Å². The predicted molar refractivity (Wildman–Crippen MR) is 56.5 cm³/mol. The highest BCUT2D eigenvalue weighted by atomic mass is 35.5.